The highest BCUT2D eigenvalue weighted by Crippen LogP contribution is 2.24. The normalized spacial score (nSPS) is 10.1. The number of hydrogen-bond donors (Lipinski definition) is 2. The average Bonchev–Trinajstić information content (AvgIpc) is 2.33. The van der Waals surface area contributed by atoms with E-state index in [9.17, 15) is 0 Å². The maximum Gasteiger partial charge on any atom is 0.106 e. The molecule has 2 aromatic carbocycles. The van der Waals surface area contributed by atoms with E-state index >= 15 is 0 Å². The van der Waals surface area contributed by atoms with Crippen molar-refractivity contribution >= 4 is 28.6 Å². The second kappa shape index (κ2) is 5.19. The Morgan fingerprint density at radius 2 is 1.78 bits per heavy atom. The minimum Gasteiger partial charge on any atom is -0.389 e. The fourth-order valence-corrected chi connectivity index (χ4v) is 2.08. The number of hydrogen-bond acceptors (Lipinski definition) is 2. The van der Waals surface area contributed by atoms with Gasteiger partial charge in [0.05, 0.1) is 0 Å². The number of anilines is 2. The molecule has 0 atom stereocenters. The van der Waals surface area contributed by atoms with E-state index in [2.05, 4.69) is 37.4 Å². The van der Waals surface area contributed by atoms with E-state index in [1.807, 2.05) is 24.3 Å². The highest BCUT2D eigenvalue weighted by molar-refractivity contribution is 7.80. The molecule has 0 aliphatic heterocycles. The van der Waals surface area contributed by atoms with E-state index in [4.69, 9.17) is 18.0 Å². The molecule has 2 nitrogen and oxygen atoms in total. The summed E-state index contributed by atoms with van der Waals surface area (Å²) in [5, 5.41) is 3.38. The van der Waals surface area contributed by atoms with Gasteiger partial charge in [0, 0.05) is 16.9 Å². The molecule has 0 spiro atoms. The first-order valence-electron chi connectivity index (χ1n) is 5.81. The summed E-state index contributed by atoms with van der Waals surface area (Å²) in [6, 6.07) is 14.1. The molecule has 0 saturated heterocycles. The molecule has 3 N–H and O–H groups in total. The second-order valence-corrected chi connectivity index (χ2v) is 4.79. The van der Waals surface area contributed by atoms with E-state index in [0.29, 0.717) is 4.99 Å². The molecule has 92 valence electrons. The lowest BCUT2D eigenvalue weighted by Gasteiger charge is -2.13. The Kier molecular flexibility index (Phi) is 3.63. The Bertz CT molecular complexity index is 591. The molecular formula is C15H16N2S. The predicted octanol–water partition coefficient (Wildman–Crippen LogP) is 3.68. The molecule has 2 rings (SSSR count). The maximum absolute atomic E-state index is 5.72. The Labute approximate surface area is 113 Å². The fourth-order valence-electron chi connectivity index (χ4n) is 1.91. The lowest BCUT2D eigenvalue weighted by atomic mass is 10.1. The van der Waals surface area contributed by atoms with Crippen molar-refractivity contribution in [1.82, 2.24) is 0 Å². The standard InChI is InChI=1S/C15H16N2S/c1-10-7-8-13(11(2)9-10)17-14-6-4-3-5-12(14)15(16)18/h3-9,17H,1-2H3,(H2,16,18). The van der Waals surface area contributed by atoms with Crippen LogP contribution in [0.2, 0.25) is 0 Å². The van der Waals surface area contributed by atoms with Gasteiger partial charge in [0.15, 0.2) is 0 Å². The number of para-hydroxylation sites is 1. The van der Waals surface area contributed by atoms with Gasteiger partial charge >= 0.3 is 0 Å². The van der Waals surface area contributed by atoms with Crippen LogP contribution in [0.5, 0.6) is 0 Å². The number of nitrogens with two attached hydrogens (primary N) is 1. The van der Waals surface area contributed by atoms with Gasteiger partial charge in [-0.1, -0.05) is 42.0 Å². The van der Waals surface area contributed by atoms with Gasteiger partial charge in [0.2, 0.25) is 0 Å². The molecule has 0 bridgehead atoms. The van der Waals surface area contributed by atoms with Crippen molar-refractivity contribution in [3.05, 3.63) is 59.2 Å². The quantitative estimate of drug-likeness (QED) is 0.823. The molecule has 0 heterocycles. The third-order valence-electron chi connectivity index (χ3n) is 2.84. The van der Waals surface area contributed by atoms with Crippen LogP contribution in [0.25, 0.3) is 0 Å². The van der Waals surface area contributed by atoms with Crippen molar-refractivity contribution in [1.29, 1.82) is 0 Å². The van der Waals surface area contributed by atoms with Gasteiger partial charge in [-0.15, -0.1) is 0 Å². The summed E-state index contributed by atoms with van der Waals surface area (Å²) < 4.78 is 0. The van der Waals surface area contributed by atoms with Crippen molar-refractivity contribution in [2.75, 3.05) is 5.32 Å². The van der Waals surface area contributed by atoms with Crippen LogP contribution in [0.15, 0.2) is 42.5 Å². The summed E-state index contributed by atoms with van der Waals surface area (Å²) in [7, 11) is 0. The third-order valence-corrected chi connectivity index (χ3v) is 3.06. The zero-order chi connectivity index (χ0) is 13.1. The smallest absolute Gasteiger partial charge is 0.106 e. The van der Waals surface area contributed by atoms with Crippen LogP contribution in [-0.4, -0.2) is 4.99 Å². The largest absolute Gasteiger partial charge is 0.389 e. The van der Waals surface area contributed by atoms with Gasteiger partial charge in [-0.3, -0.25) is 0 Å². The van der Waals surface area contributed by atoms with Crippen LogP contribution in [0.4, 0.5) is 11.4 Å². The zero-order valence-corrected chi connectivity index (χ0v) is 11.3. The molecule has 0 amide bonds. The number of rotatable bonds is 3. The van der Waals surface area contributed by atoms with Gasteiger partial charge in [0.1, 0.15) is 4.99 Å². The first-order valence-corrected chi connectivity index (χ1v) is 6.22. The fraction of sp³-hybridized carbons (Fsp3) is 0.133. The number of nitrogens with one attached hydrogen (secondary N) is 1. The molecule has 18 heavy (non-hydrogen) atoms. The average molecular weight is 256 g/mol. The van der Waals surface area contributed by atoms with Crippen molar-refractivity contribution < 1.29 is 0 Å². The molecule has 0 aromatic heterocycles. The molecule has 0 aliphatic carbocycles. The van der Waals surface area contributed by atoms with Crippen LogP contribution >= 0.6 is 12.2 Å². The van der Waals surface area contributed by atoms with E-state index < -0.39 is 0 Å². The minimum absolute atomic E-state index is 0.405. The molecule has 0 radical (unpaired) electrons. The minimum atomic E-state index is 0.405. The van der Waals surface area contributed by atoms with E-state index in [1.165, 1.54) is 11.1 Å². The predicted molar refractivity (Wildman–Crippen MR) is 81.5 cm³/mol. The summed E-state index contributed by atoms with van der Waals surface area (Å²) in [5.41, 5.74) is 11.1. The number of benzene rings is 2. The van der Waals surface area contributed by atoms with Gasteiger partial charge in [-0.2, -0.15) is 0 Å². The lowest BCUT2D eigenvalue weighted by Crippen LogP contribution is -2.11. The molecule has 0 unspecified atom stereocenters. The summed E-state index contributed by atoms with van der Waals surface area (Å²) in [5.74, 6) is 0. The van der Waals surface area contributed by atoms with E-state index in [1.54, 1.807) is 0 Å². The van der Waals surface area contributed by atoms with Crippen LogP contribution in [-0.2, 0) is 0 Å². The van der Waals surface area contributed by atoms with Crippen molar-refractivity contribution in [3.63, 3.8) is 0 Å². The summed E-state index contributed by atoms with van der Waals surface area (Å²) in [4.78, 5) is 0.405. The molecule has 2 aromatic rings. The molecule has 3 heteroatoms. The highest BCUT2D eigenvalue weighted by atomic mass is 32.1. The molecular weight excluding hydrogens is 240 g/mol. The lowest BCUT2D eigenvalue weighted by molar-refractivity contribution is 1.37. The van der Waals surface area contributed by atoms with Crippen molar-refractivity contribution in [2.24, 2.45) is 5.73 Å². The van der Waals surface area contributed by atoms with E-state index in [-0.39, 0.29) is 0 Å². The Morgan fingerprint density at radius 1 is 1.06 bits per heavy atom. The van der Waals surface area contributed by atoms with Crippen LogP contribution in [0.1, 0.15) is 16.7 Å². The van der Waals surface area contributed by atoms with Crippen molar-refractivity contribution in [2.45, 2.75) is 13.8 Å². The van der Waals surface area contributed by atoms with Crippen LogP contribution < -0.4 is 11.1 Å². The zero-order valence-electron chi connectivity index (χ0n) is 10.5. The first-order chi connectivity index (χ1) is 8.58. The van der Waals surface area contributed by atoms with Gasteiger partial charge < -0.3 is 11.1 Å². The monoisotopic (exact) mass is 256 g/mol. The topological polar surface area (TPSA) is 38.0 Å². The molecule has 0 saturated carbocycles. The van der Waals surface area contributed by atoms with Gasteiger partial charge in [-0.05, 0) is 37.6 Å². The Morgan fingerprint density at radius 3 is 2.44 bits per heavy atom. The number of thiocarbonyl (C=S) groups is 1. The molecule has 0 fully saturated rings. The maximum atomic E-state index is 5.72. The van der Waals surface area contributed by atoms with Gasteiger partial charge in [0.25, 0.3) is 0 Å². The summed E-state index contributed by atoms with van der Waals surface area (Å²) >= 11 is 5.06. The van der Waals surface area contributed by atoms with Crippen molar-refractivity contribution in [3.8, 4) is 0 Å². The Balaban J connectivity index is 2.37. The summed E-state index contributed by atoms with van der Waals surface area (Å²) in [6.45, 7) is 4.17. The third kappa shape index (κ3) is 2.68. The Hall–Kier alpha value is -1.87. The molecule has 0 aliphatic rings. The van der Waals surface area contributed by atoms with E-state index in [0.717, 1.165) is 16.9 Å². The van der Waals surface area contributed by atoms with Crippen LogP contribution in [0.3, 0.4) is 0 Å². The second-order valence-electron chi connectivity index (χ2n) is 4.35. The van der Waals surface area contributed by atoms with Gasteiger partial charge in [-0.25, -0.2) is 0 Å². The highest BCUT2D eigenvalue weighted by Gasteiger charge is 2.05. The SMILES string of the molecule is Cc1ccc(Nc2ccccc2C(N)=S)c(C)c1. The first kappa shape index (κ1) is 12.6. The van der Waals surface area contributed by atoms with Crippen LogP contribution in [0, 0.1) is 13.8 Å². The summed E-state index contributed by atoms with van der Waals surface area (Å²) in [6.07, 6.45) is 0. The number of aryl methyl sites for hydroxylation is 2.